The molecule has 0 amide bonds. The van der Waals surface area contributed by atoms with Crippen molar-refractivity contribution in [2.75, 3.05) is 0 Å². The van der Waals surface area contributed by atoms with Crippen molar-refractivity contribution in [2.45, 2.75) is 0 Å². The smallest absolute Gasteiger partial charge is 0.135 e. The van der Waals surface area contributed by atoms with Crippen molar-refractivity contribution >= 4 is 5.57 Å². The monoisotopic (exact) mass is 219 g/mol. The standard InChI is InChI=1S/C15H9NO/c16-10-9-11-12-5-1-3-7-14(12)17-15-8-4-2-6-13(11)15/h1-9H. The number of hydrogen-bond donors (Lipinski definition) is 0. The quantitative estimate of drug-likeness (QED) is 0.539. The van der Waals surface area contributed by atoms with Gasteiger partial charge in [-0.05, 0) is 12.1 Å². The second-order valence-corrected chi connectivity index (χ2v) is 3.78. The molecule has 2 nitrogen and oxygen atoms in total. The van der Waals surface area contributed by atoms with E-state index in [4.69, 9.17) is 10.00 Å². The molecule has 2 aromatic rings. The minimum Gasteiger partial charge on any atom is -0.456 e. The van der Waals surface area contributed by atoms with Gasteiger partial charge in [-0.1, -0.05) is 36.4 Å². The molecular formula is C15H9NO. The van der Waals surface area contributed by atoms with Crippen molar-refractivity contribution in [3.63, 3.8) is 0 Å². The topological polar surface area (TPSA) is 33.0 Å². The number of ether oxygens (including phenoxy) is 1. The van der Waals surface area contributed by atoms with Gasteiger partial charge in [0.1, 0.15) is 11.5 Å². The molecule has 1 aliphatic rings. The van der Waals surface area contributed by atoms with Crippen molar-refractivity contribution in [2.24, 2.45) is 0 Å². The zero-order valence-corrected chi connectivity index (χ0v) is 9.05. The molecule has 0 N–H and O–H groups in total. The Morgan fingerprint density at radius 2 is 1.41 bits per heavy atom. The lowest BCUT2D eigenvalue weighted by atomic mass is 9.94. The van der Waals surface area contributed by atoms with Gasteiger partial charge in [0.15, 0.2) is 0 Å². The Morgan fingerprint density at radius 1 is 0.882 bits per heavy atom. The molecule has 1 heterocycles. The van der Waals surface area contributed by atoms with Crippen LogP contribution in [-0.4, -0.2) is 0 Å². The van der Waals surface area contributed by atoms with E-state index in [0.717, 1.165) is 28.2 Å². The van der Waals surface area contributed by atoms with E-state index in [9.17, 15) is 0 Å². The van der Waals surface area contributed by atoms with Crippen LogP contribution in [0.4, 0.5) is 0 Å². The molecular weight excluding hydrogens is 210 g/mol. The maximum Gasteiger partial charge on any atom is 0.135 e. The summed E-state index contributed by atoms with van der Waals surface area (Å²) >= 11 is 0. The van der Waals surface area contributed by atoms with Gasteiger partial charge in [0, 0.05) is 22.8 Å². The van der Waals surface area contributed by atoms with Gasteiger partial charge in [0.05, 0.1) is 6.07 Å². The van der Waals surface area contributed by atoms with Gasteiger partial charge < -0.3 is 4.74 Å². The van der Waals surface area contributed by atoms with Crippen LogP contribution in [0, 0.1) is 11.3 Å². The van der Waals surface area contributed by atoms with Crippen LogP contribution < -0.4 is 4.74 Å². The number of para-hydroxylation sites is 2. The van der Waals surface area contributed by atoms with E-state index in [2.05, 4.69) is 6.07 Å². The third-order valence-electron chi connectivity index (χ3n) is 2.78. The highest BCUT2D eigenvalue weighted by Gasteiger charge is 2.20. The van der Waals surface area contributed by atoms with E-state index in [1.807, 2.05) is 48.5 Å². The van der Waals surface area contributed by atoms with E-state index in [0.29, 0.717) is 0 Å². The third kappa shape index (κ3) is 1.49. The molecule has 0 unspecified atom stereocenters. The fourth-order valence-electron chi connectivity index (χ4n) is 2.04. The predicted octanol–water partition coefficient (Wildman–Crippen LogP) is 3.75. The van der Waals surface area contributed by atoms with Crippen LogP contribution in [0.1, 0.15) is 11.1 Å². The molecule has 0 saturated heterocycles. The second-order valence-electron chi connectivity index (χ2n) is 3.78. The number of nitrogens with zero attached hydrogens (tertiary/aromatic N) is 1. The Labute approximate surface area is 99.4 Å². The summed E-state index contributed by atoms with van der Waals surface area (Å²) < 4.78 is 5.80. The minimum absolute atomic E-state index is 0.799. The summed E-state index contributed by atoms with van der Waals surface area (Å²) in [6, 6.07) is 17.6. The van der Waals surface area contributed by atoms with Crippen molar-refractivity contribution in [1.29, 1.82) is 5.26 Å². The minimum atomic E-state index is 0.799. The molecule has 0 aliphatic carbocycles. The molecule has 0 aromatic heterocycles. The van der Waals surface area contributed by atoms with Gasteiger partial charge in [0.2, 0.25) is 0 Å². The fraction of sp³-hybridized carbons (Fsp3) is 0. The van der Waals surface area contributed by atoms with Crippen molar-refractivity contribution in [3.05, 3.63) is 65.7 Å². The van der Waals surface area contributed by atoms with Gasteiger partial charge in [0.25, 0.3) is 0 Å². The molecule has 2 aromatic carbocycles. The molecule has 2 heteroatoms. The summed E-state index contributed by atoms with van der Waals surface area (Å²) in [5.41, 5.74) is 2.85. The Hall–Kier alpha value is -2.53. The molecule has 1 aliphatic heterocycles. The summed E-state index contributed by atoms with van der Waals surface area (Å²) in [5.74, 6) is 1.60. The first kappa shape index (κ1) is 9.68. The van der Waals surface area contributed by atoms with Crippen LogP contribution in [0.25, 0.3) is 5.57 Å². The summed E-state index contributed by atoms with van der Waals surface area (Å²) in [6.07, 6.45) is 1.57. The highest BCUT2D eigenvalue weighted by molar-refractivity contribution is 5.88. The van der Waals surface area contributed by atoms with Gasteiger partial charge in [-0.25, -0.2) is 0 Å². The lowest BCUT2D eigenvalue weighted by Gasteiger charge is -2.21. The first-order chi connectivity index (χ1) is 8.40. The number of hydrogen-bond acceptors (Lipinski definition) is 2. The van der Waals surface area contributed by atoms with Crippen LogP contribution in [0.3, 0.4) is 0 Å². The van der Waals surface area contributed by atoms with E-state index < -0.39 is 0 Å². The zero-order chi connectivity index (χ0) is 11.7. The average molecular weight is 219 g/mol. The van der Waals surface area contributed by atoms with E-state index in [1.165, 1.54) is 0 Å². The summed E-state index contributed by atoms with van der Waals surface area (Å²) in [7, 11) is 0. The molecule has 0 bridgehead atoms. The van der Waals surface area contributed by atoms with Crippen molar-refractivity contribution in [1.82, 2.24) is 0 Å². The number of benzene rings is 2. The van der Waals surface area contributed by atoms with Crippen LogP contribution in [-0.2, 0) is 0 Å². The normalized spacial score (nSPS) is 11.8. The molecule has 0 spiro atoms. The first-order valence-corrected chi connectivity index (χ1v) is 5.36. The maximum absolute atomic E-state index is 8.90. The number of nitriles is 1. The molecule has 0 radical (unpaired) electrons. The van der Waals surface area contributed by atoms with Gasteiger partial charge in [-0.3, -0.25) is 0 Å². The SMILES string of the molecule is N#CC=C1c2ccccc2Oc2ccccc21. The van der Waals surface area contributed by atoms with E-state index >= 15 is 0 Å². The summed E-state index contributed by atoms with van der Waals surface area (Å²) in [4.78, 5) is 0. The fourth-order valence-corrected chi connectivity index (χ4v) is 2.04. The largest absolute Gasteiger partial charge is 0.456 e. The third-order valence-corrected chi connectivity index (χ3v) is 2.78. The van der Waals surface area contributed by atoms with Crippen LogP contribution in [0.5, 0.6) is 11.5 Å². The number of fused-ring (bicyclic) bond motifs is 2. The van der Waals surface area contributed by atoms with Crippen LogP contribution in [0.15, 0.2) is 54.6 Å². The number of allylic oxidation sites excluding steroid dienone is 1. The van der Waals surface area contributed by atoms with Gasteiger partial charge >= 0.3 is 0 Å². The van der Waals surface area contributed by atoms with Gasteiger partial charge in [-0.15, -0.1) is 0 Å². The summed E-state index contributed by atoms with van der Waals surface area (Å²) in [5, 5.41) is 8.90. The van der Waals surface area contributed by atoms with Crippen molar-refractivity contribution in [3.8, 4) is 17.6 Å². The highest BCUT2D eigenvalue weighted by Crippen LogP contribution is 2.42. The Bertz CT molecular complexity index is 602. The lowest BCUT2D eigenvalue weighted by molar-refractivity contribution is 0.474. The molecule has 80 valence electrons. The van der Waals surface area contributed by atoms with E-state index in [1.54, 1.807) is 6.08 Å². The highest BCUT2D eigenvalue weighted by atomic mass is 16.5. The van der Waals surface area contributed by atoms with E-state index in [-0.39, 0.29) is 0 Å². The lowest BCUT2D eigenvalue weighted by Crippen LogP contribution is -2.01. The Balaban J connectivity index is 2.29. The molecule has 3 rings (SSSR count). The molecule has 17 heavy (non-hydrogen) atoms. The molecule has 0 saturated carbocycles. The predicted molar refractivity (Wildman–Crippen MR) is 65.7 cm³/mol. The van der Waals surface area contributed by atoms with Crippen molar-refractivity contribution < 1.29 is 4.74 Å². The molecule has 0 fully saturated rings. The first-order valence-electron chi connectivity index (χ1n) is 5.36. The molecule has 0 atom stereocenters. The van der Waals surface area contributed by atoms with Crippen LogP contribution in [0.2, 0.25) is 0 Å². The Kier molecular flexibility index (Phi) is 2.16. The maximum atomic E-state index is 8.90. The number of rotatable bonds is 0. The average Bonchev–Trinajstić information content (AvgIpc) is 2.39. The zero-order valence-electron chi connectivity index (χ0n) is 9.05. The second kappa shape index (κ2) is 3.80. The summed E-state index contributed by atoms with van der Waals surface area (Å²) in [6.45, 7) is 0. The Morgan fingerprint density at radius 3 is 1.94 bits per heavy atom. The van der Waals surface area contributed by atoms with Gasteiger partial charge in [-0.2, -0.15) is 5.26 Å². The van der Waals surface area contributed by atoms with Crippen LogP contribution >= 0.6 is 0 Å².